The average molecular weight is 295 g/mol. The minimum Gasteiger partial charge on any atom is -0.494 e. The molecule has 114 valence electrons. The van der Waals surface area contributed by atoms with Crippen molar-refractivity contribution >= 4 is 10.9 Å². The molecule has 2 N–H and O–H groups in total. The Hall–Kier alpha value is -2.33. The number of hydrogen-bond donors (Lipinski definition) is 2. The average Bonchev–Trinajstić information content (AvgIpc) is 3.04. The van der Waals surface area contributed by atoms with E-state index >= 15 is 0 Å². The molecule has 4 heteroatoms. The van der Waals surface area contributed by atoms with Crippen molar-refractivity contribution in [1.82, 2.24) is 15.5 Å². The van der Waals surface area contributed by atoms with Crippen molar-refractivity contribution in [2.75, 3.05) is 20.7 Å². The molecule has 0 saturated carbocycles. The molecule has 0 spiro atoms. The third kappa shape index (κ3) is 2.83. The van der Waals surface area contributed by atoms with Crippen LogP contribution in [0.4, 0.5) is 0 Å². The summed E-state index contributed by atoms with van der Waals surface area (Å²) in [5.41, 5.74) is 3.53. The molecule has 0 aliphatic heterocycles. The predicted octanol–water partition coefficient (Wildman–Crippen LogP) is 3.31. The number of fused-ring (bicyclic) bond motifs is 1. The van der Waals surface area contributed by atoms with E-state index < -0.39 is 0 Å². The maximum atomic E-state index is 5.53. The molecule has 0 amide bonds. The van der Waals surface area contributed by atoms with Crippen LogP contribution in [0.15, 0.2) is 48.7 Å². The zero-order valence-corrected chi connectivity index (χ0v) is 13.0. The highest BCUT2D eigenvalue weighted by Crippen LogP contribution is 2.34. The Balaban J connectivity index is 2.07. The molecule has 0 aliphatic carbocycles. The molecule has 1 aromatic heterocycles. The van der Waals surface area contributed by atoms with E-state index in [1.807, 2.05) is 13.2 Å². The van der Waals surface area contributed by atoms with E-state index in [0.717, 1.165) is 29.6 Å². The zero-order valence-electron chi connectivity index (χ0n) is 13.0. The van der Waals surface area contributed by atoms with Gasteiger partial charge in [-0.1, -0.05) is 30.3 Å². The smallest absolute Gasteiger partial charge is 0.144 e. The van der Waals surface area contributed by atoms with Gasteiger partial charge in [0.15, 0.2) is 0 Å². The summed E-state index contributed by atoms with van der Waals surface area (Å²) >= 11 is 0. The Morgan fingerprint density at radius 2 is 2.00 bits per heavy atom. The van der Waals surface area contributed by atoms with Gasteiger partial charge in [-0.05, 0) is 43.3 Å². The summed E-state index contributed by atoms with van der Waals surface area (Å²) in [6.45, 7) is 0.964. The summed E-state index contributed by atoms with van der Waals surface area (Å²) in [6.07, 6.45) is 2.88. The SMILES string of the molecule is CNCC[C@@H](c1ccccc1)c1cc(OC)c2[nH]ncc2c1. The monoisotopic (exact) mass is 295 g/mol. The van der Waals surface area contributed by atoms with E-state index in [0.29, 0.717) is 5.92 Å². The lowest BCUT2D eigenvalue weighted by Crippen LogP contribution is -2.13. The Morgan fingerprint density at radius 3 is 2.73 bits per heavy atom. The molecule has 22 heavy (non-hydrogen) atoms. The molecular weight excluding hydrogens is 274 g/mol. The molecule has 1 atom stereocenters. The number of hydrogen-bond acceptors (Lipinski definition) is 3. The van der Waals surface area contributed by atoms with Gasteiger partial charge in [0.2, 0.25) is 0 Å². The van der Waals surface area contributed by atoms with E-state index in [2.05, 4.69) is 58.0 Å². The minimum atomic E-state index is 0.335. The standard InChI is InChI=1S/C18H21N3O/c1-19-9-8-16(13-6-4-3-5-7-13)14-10-15-12-20-21-18(15)17(11-14)22-2/h3-7,10-12,16,19H,8-9H2,1-2H3,(H,20,21)/t16-/m0/s1. The van der Waals surface area contributed by atoms with Crippen LogP contribution in [0.1, 0.15) is 23.5 Å². The number of nitrogens with zero attached hydrogens (tertiary/aromatic N) is 1. The fourth-order valence-electron chi connectivity index (χ4n) is 2.91. The highest BCUT2D eigenvalue weighted by atomic mass is 16.5. The van der Waals surface area contributed by atoms with E-state index in [4.69, 9.17) is 4.74 Å². The van der Waals surface area contributed by atoms with Gasteiger partial charge in [-0.15, -0.1) is 0 Å². The van der Waals surface area contributed by atoms with Crippen LogP contribution in [-0.2, 0) is 0 Å². The van der Waals surface area contributed by atoms with Gasteiger partial charge in [-0.2, -0.15) is 5.10 Å². The first-order valence-corrected chi connectivity index (χ1v) is 7.54. The van der Waals surface area contributed by atoms with Gasteiger partial charge in [-0.3, -0.25) is 5.10 Å². The Morgan fingerprint density at radius 1 is 1.18 bits per heavy atom. The number of aromatic nitrogens is 2. The van der Waals surface area contributed by atoms with Crippen molar-refractivity contribution in [3.63, 3.8) is 0 Å². The molecular formula is C18H21N3O. The molecule has 0 unspecified atom stereocenters. The number of ether oxygens (including phenoxy) is 1. The van der Waals surface area contributed by atoms with Crippen molar-refractivity contribution in [2.45, 2.75) is 12.3 Å². The number of methoxy groups -OCH3 is 1. The lowest BCUT2D eigenvalue weighted by atomic mass is 9.88. The fraction of sp³-hybridized carbons (Fsp3) is 0.278. The van der Waals surface area contributed by atoms with Gasteiger partial charge < -0.3 is 10.1 Å². The zero-order chi connectivity index (χ0) is 15.4. The number of rotatable bonds is 6. The summed E-state index contributed by atoms with van der Waals surface area (Å²) < 4.78 is 5.53. The summed E-state index contributed by atoms with van der Waals surface area (Å²) in [5, 5.41) is 11.5. The molecule has 0 saturated heterocycles. The molecule has 3 rings (SSSR count). The summed E-state index contributed by atoms with van der Waals surface area (Å²) in [5.74, 6) is 1.18. The Bertz CT molecular complexity index is 736. The second-order valence-electron chi connectivity index (χ2n) is 5.41. The maximum Gasteiger partial charge on any atom is 0.144 e. The maximum absolute atomic E-state index is 5.53. The lowest BCUT2D eigenvalue weighted by molar-refractivity contribution is 0.418. The lowest BCUT2D eigenvalue weighted by Gasteiger charge is -2.19. The molecule has 2 aromatic carbocycles. The quantitative estimate of drug-likeness (QED) is 0.733. The molecule has 0 bridgehead atoms. The number of benzene rings is 2. The van der Waals surface area contributed by atoms with Gasteiger partial charge in [0.25, 0.3) is 0 Å². The number of aromatic amines is 1. The van der Waals surface area contributed by atoms with Crippen LogP contribution >= 0.6 is 0 Å². The van der Waals surface area contributed by atoms with Crippen LogP contribution in [0, 0.1) is 0 Å². The molecule has 0 aliphatic rings. The van der Waals surface area contributed by atoms with Crippen LogP contribution in [0.5, 0.6) is 5.75 Å². The van der Waals surface area contributed by atoms with E-state index in [9.17, 15) is 0 Å². The molecule has 0 fully saturated rings. The molecule has 0 radical (unpaired) electrons. The van der Waals surface area contributed by atoms with Crippen molar-refractivity contribution in [1.29, 1.82) is 0 Å². The third-order valence-electron chi connectivity index (χ3n) is 4.04. The first-order chi connectivity index (χ1) is 10.8. The second kappa shape index (κ2) is 6.62. The third-order valence-corrected chi connectivity index (χ3v) is 4.04. The van der Waals surface area contributed by atoms with Gasteiger partial charge >= 0.3 is 0 Å². The van der Waals surface area contributed by atoms with Crippen molar-refractivity contribution in [3.8, 4) is 5.75 Å². The topological polar surface area (TPSA) is 49.9 Å². The van der Waals surface area contributed by atoms with Crippen LogP contribution in [0.25, 0.3) is 10.9 Å². The van der Waals surface area contributed by atoms with Gasteiger partial charge in [0.1, 0.15) is 11.3 Å². The Kier molecular flexibility index (Phi) is 4.39. The van der Waals surface area contributed by atoms with Gasteiger partial charge in [0, 0.05) is 11.3 Å². The molecule has 4 nitrogen and oxygen atoms in total. The van der Waals surface area contributed by atoms with E-state index in [1.165, 1.54) is 11.1 Å². The van der Waals surface area contributed by atoms with E-state index in [1.54, 1.807) is 7.11 Å². The second-order valence-corrected chi connectivity index (χ2v) is 5.41. The summed E-state index contributed by atoms with van der Waals surface area (Å²) in [6, 6.07) is 14.9. The number of nitrogens with one attached hydrogen (secondary N) is 2. The predicted molar refractivity (Wildman–Crippen MR) is 89.5 cm³/mol. The molecule has 3 aromatic rings. The van der Waals surface area contributed by atoms with Gasteiger partial charge in [0.05, 0.1) is 13.3 Å². The van der Waals surface area contributed by atoms with Crippen LogP contribution in [0.2, 0.25) is 0 Å². The first kappa shape index (κ1) is 14.6. The highest BCUT2D eigenvalue weighted by Gasteiger charge is 2.16. The Labute approximate surface area is 130 Å². The molecule has 1 heterocycles. The first-order valence-electron chi connectivity index (χ1n) is 7.54. The van der Waals surface area contributed by atoms with Crippen LogP contribution in [-0.4, -0.2) is 30.9 Å². The summed E-state index contributed by atoms with van der Waals surface area (Å²) in [7, 11) is 3.69. The van der Waals surface area contributed by atoms with E-state index in [-0.39, 0.29) is 0 Å². The van der Waals surface area contributed by atoms with Crippen LogP contribution in [0.3, 0.4) is 0 Å². The fourth-order valence-corrected chi connectivity index (χ4v) is 2.91. The summed E-state index contributed by atoms with van der Waals surface area (Å²) in [4.78, 5) is 0. The normalized spacial score (nSPS) is 12.5. The van der Waals surface area contributed by atoms with Crippen molar-refractivity contribution < 1.29 is 4.74 Å². The highest BCUT2D eigenvalue weighted by molar-refractivity contribution is 5.85. The van der Waals surface area contributed by atoms with Gasteiger partial charge in [-0.25, -0.2) is 0 Å². The minimum absolute atomic E-state index is 0.335. The largest absolute Gasteiger partial charge is 0.494 e. The van der Waals surface area contributed by atoms with Crippen LogP contribution < -0.4 is 10.1 Å². The van der Waals surface area contributed by atoms with Crippen molar-refractivity contribution in [2.24, 2.45) is 0 Å². The van der Waals surface area contributed by atoms with Crippen molar-refractivity contribution in [3.05, 3.63) is 59.8 Å². The number of H-pyrrole nitrogens is 1.